The molecule has 0 bridgehead atoms. The van der Waals surface area contributed by atoms with Crippen molar-refractivity contribution in [2.45, 2.75) is 37.8 Å². The van der Waals surface area contributed by atoms with E-state index in [1.807, 2.05) is 36.1 Å². The van der Waals surface area contributed by atoms with Crippen LogP contribution in [0.25, 0.3) is 0 Å². The fraction of sp³-hybridized carbons (Fsp3) is 0.350. The maximum atomic E-state index is 12.4. The van der Waals surface area contributed by atoms with E-state index in [4.69, 9.17) is 0 Å². The number of aryl methyl sites for hydroxylation is 1. The van der Waals surface area contributed by atoms with Crippen LogP contribution >= 0.6 is 0 Å². The molecule has 0 radical (unpaired) electrons. The Kier molecular flexibility index (Phi) is 3.99. The zero-order valence-electron chi connectivity index (χ0n) is 14.2. The van der Waals surface area contributed by atoms with Crippen molar-refractivity contribution in [2.75, 3.05) is 6.54 Å². The van der Waals surface area contributed by atoms with E-state index in [0.717, 1.165) is 12.1 Å². The molecule has 1 aromatic carbocycles. The monoisotopic (exact) mass is 335 g/mol. The summed E-state index contributed by atoms with van der Waals surface area (Å²) in [6.07, 6.45) is 2.97. The molecule has 1 saturated carbocycles. The molecule has 1 saturated heterocycles. The highest BCUT2D eigenvalue weighted by atomic mass is 16.2. The number of carbonyl (C=O) groups is 2. The summed E-state index contributed by atoms with van der Waals surface area (Å²) in [5.74, 6) is 0.402. The number of carbonyl (C=O) groups excluding carboxylic acids is 2. The summed E-state index contributed by atoms with van der Waals surface area (Å²) < 4.78 is 0. The molecule has 2 aliphatic rings. The first-order chi connectivity index (χ1) is 12.1. The van der Waals surface area contributed by atoms with Crippen LogP contribution in [0.5, 0.6) is 0 Å². The molecule has 2 fully saturated rings. The van der Waals surface area contributed by atoms with Gasteiger partial charge in [-0.25, -0.2) is 0 Å². The lowest BCUT2D eigenvalue weighted by Gasteiger charge is -2.17. The number of hydrogen-bond acceptors (Lipinski definition) is 3. The highest BCUT2D eigenvalue weighted by molar-refractivity contribution is 5.94. The molecule has 2 amide bonds. The first-order valence-corrected chi connectivity index (χ1v) is 8.70. The van der Waals surface area contributed by atoms with Crippen LogP contribution in [-0.2, 0) is 4.79 Å². The zero-order chi connectivity index (χ0) is 17.4. The summed E-state index contributed by atoms with van der Waals surface area (Å²) >= 11 is 0. The second-order valence-corrected chi connectivity index (χ2v) is 6.93. The van der Waals surface area contributed by atoms with Crippen LogP contribution in [0.4, 0.5) is 0 Å². The van der Waals surface area contributed by atoms with Crippen molar-refractivity contribution in [2.24, 2.45) is 0 Å². The molecule has 2 aromatic rings. The number of rotatable bonds is 4. The largest absolute Gasteiger partial charge is 0.347 e. The molecule has 25 heavy (non-hydrogen) atoms. The van der Waals surface area contributed by atoms with Gasteiger partial charge in [0, 0.05) is 36.8 Å². The second kappa shape index (κ2) is 6.31. The third kappa shape index (κ3) is 3.27. The highest BCUT2D eigenvalue weighted by Gasteiger charge is 2.47. The van der Waals surface area contributed by atoms with Crippen LogP contribution in [0.2, 0.25) is 0 Å². The molecule has 1 aliphatic carbocycles. The Balaban J connectivity index is 1.36. The van der Waals surface area contributed by atoms with Crippen molar-refractivity contribution in [3.63, 3.8) is 0 Å². The lowest BCUT2D eigenvalue weighted by Crippen LogP contribution is -2.37. The molecule has 0 spiro atoms. The Morgan fingerprint density at radius 3 is 2.72 bits per heavy atom. The molecule has 2 heterocycles. The van der Waals surface area contributed by atoms with Crippen LogP contribution in [0.15, 0.2) is 48.7 Å². The molecule has 3 atom stereocenters. The summed E-state index contributed by atoms with van der Waals surface area (Å²) in [5, 5.41) is 2.97. The Morgan fingerprint density at radius 2 is 2.00 bits per heavy atom. The molecule has 128 valence electrons. The number of nitrogens with one attached hydrogen (secondary N) is 1. The second-order valence-electron chi connectivity index (χ2n) is 6.93. The van der Waals surface area contributed by atoms with Gasteiger partial charge in [-0.05, 0) is 31.0 Å². The fourth-order valence-electron chi connectivity index (χ4n) is 3.60. The van der Waals surface area contributed by atoms with Gasteiger partial charge in [-0.2, -0.15) is 0 Å². The molecular weight excluding hydrogens is 314 g/mol. The number of likely N-dealkylation sites (tertiary alicyclic amines) is 1. The van der Waals surface area contributed by atoms with Crippen LogP contribution in [-0.4, -0.2) is 40.3 Å². The number of benzene rings is 1. The van der Waals surface area contributed by atoms with Gasteiger partial charge >= 0.3 is 0 Å². The third-order valence-corrected chi connectivity index (χ3v) is 5.05. The number of pyridine rings is 1. The van der Waals surface area contributed by atoms with Crippen LogP contribution in [0.1, 0.15) is 40.4 Å². The van der Waals surface area contributed by atoms with Crippen molar-refractivity contribution in [3.8, 4) is 0 Å². The van der Waals surface area contributed by atoms with Gasteiger partial charge in [0.1, 0.15) is 0 Å². The van der Waals surface area contributed by atoms with Crippen LogP contribution in [0.3, 0.4) is 0 Å². The molecule has 0 unspecified atom stereocenters. The van der Waals surface area contributed by atoms with Crippen molar-refractivity contribution < 1.29 is 9.59 Å². The van der Waals surface area contributed by atoms with E-state index in [-0.39, 0.29) is 23.9 Å². The Labute approximate surface area is 147 Å². The van der Waals surface area contributed by atoms with Gasteiger partial charge in [-0.1, -0.05) is 30.3 Å². The maximum Gasteiger partial charge on any atom is 0.253 e. The van der Waals surface area contributed by atoms with E-state index in [2.05, 4.69) is 22.4 Å². The molecule has 1 N–H and O–H groups in total. The first-order valence-electron chi connectivity index (χ1n) is 8.70. The summed E-state index contributed by atoms with van der Waals surface area (Å²) in [4.78, 5) is 30.8. The molecule has 5 nitrogen and oxygen atoms in total. The van der Waals surface area contributed by atoms with Crippen molar-refractivity contribution in [3.05, 3.63) is 65.5 Å². The Hall–Kier alpha value is -2.69. The van der Waals surface area contributed by atoms with Gasteiger partial charge in [0.05, 0.1) is 11.6 Å². The van der Waals surface area contributed by atoms with Gasteiger partial charge in [-0.3, -0.25) is 14.6 Å². The first kappa shape index (κ1) is 15.8. The van der Waals surface area contributed by atoms with Gasteiger partial charge in [0.25, 0.3) is 5.91 Å². The minimum absolute atomic E-state index is 0.127. The quantitative estimate of drug-likeness (QED) is 0.932. The average Bonchev–Trinajstić information content (AvgIpc) is 3.33. The molecule has 5 heteroatoms. The van der Waals surface area contributed by atoms with E-state index in [9.17, 15) is 9.59 Å². The summed E-state index contributed by atoms with van der Waals surface area (Å²) in [6, 6.07) is 14.0. The molecular formula is C20H21N3O2. The van der Waals surface area contributed by atoms with Gasteiger partial charge in [0.15, 0.2) is 0 Å². The highest BCUT2D eigenvalue weighted by Crippen LogP contribution is 2.45. The molecule has 1 aromatic heterocycles. The molecule has 1 aliphatic heterocycles. The normalized spacial score (nSPS) is 25.1. The van der Waals surface area contributed by atoms with Crippen molar-refractivity contribution in [1.82, 2.24) is 15.2 Å². The summed E-state index contributed by atoms with van der Waals surface area (Å²) in [7, 11) is 0. The number of aromatic nitrogens is 1. The van der Waals surface area contributed by atoms with E-state index in [0.29, 0.717) is 24.4 Å². The predicted molar refractivity (Wildman–Crippen MR) is 94.1 cm³/mol. The average molecular weight is 335 g/mol. The minimum atomic E-state index is -0.164. The van der Waals surface area contributed by atoms with Crippen molar-refractivity contribution >= 4 is 11.8 Å². The fourth-order valence-corrected chi connectivity index (χ4v) is 3.60. The molecule has 4 rings (SSSR count). The third-order valence-electron chi connectivity index (χ3n) is 5.05. The predicted octanol–water partition coefficient (Wildman–Crippen LogP) is 2.28. The summed E-state index contributed by atoms with van der Waals surface area (Å²) in [6.45, 7) is 2.48. The summed E-state index contributed by atoms with van der Waals surface area (Å²) in [5.41, 5.74) is 2.70. The van der Waals surface area contributed by atoms with Crippen LogP contribution < -0.4 is 5.32 Å². The van der Waals surface area contributed by atoms with Crippen molar-refractivity contribution in [1.29, 1.82) is 0 Å². The van der Waals surface area contributed by atoms with E-state index in [1.165, 1.54) is 5.56 Å². The number of hydrogen-bond donors (Lipinski definition) is 1. The zero-order valence-corrected chi connectivity index (χ0v) is 14.2. The Bertz CT molecular complexity index is 788. The minimum Gasteiger partial charge on any atom is -0.347 e. The maximum absolute atomic E-state index is 12.4. The van der Waals surface area contributed by atoms with Gasteiger partial charge < -0.3 is 10.2 Å². The number of nitrogens with zero attached hydrogens (tertiary/aromatic N) is 2. The van der Waals surface area contributed by atoms with Gasteiger partial charge in [-0.15, -0.1) is 0 Å². The lowest BCUT2D eigenvalue weighted by molar-refractivity contribution is -0.128. The lowest BCUT2D eigenvalue weighted by atomic mass is 10.1. The van der Waals surface area contributed by atoms with Crippen LogP contribution in [0, 0.1) is 6.92 Å². The standard InChI is InChI=1S/C20H21N3O2/c1-13-7-8-15(11-21-13)20(25)22-16-9-19(24)23(12-16)18-10-17(18)14-5-3-2-4-6-14/h2-8,11,16-18H,9-10,12H2,1H3,(H,22,25)/t16-,17-,18-/m1/s1. The van der Waals surface area contributed by atoms with E-state index in [1.54, 1.807) is 12.3 Å². The van der Waals surface area contributed by atoms with E-state index >= 15 is 0 Å². The Morgan fingerprint density at radius 1 is 1.20 bits per heavy atom. The smallest absolute Gasteiger partial charge is 0.253 e. The SMILES string of the molecule is Cc1ccc(C(=O)N[C@@H]2CC(=O)N([C@@H]3C[C@@H]3c3ccccc3)C2)cn1. The number of amides is 2. The van der Waals surface area contributed by atoms with E-state index < -0.39 is 0 Å². The topological polar surface area (TPSA) is 62.3 Å². The van der Waals surface area contributed by atoms with Gasteiger partial charge in [0.2, 0.25) is 5.91 Å².